The zero-order valence-corrected chi connectivity index (χ0v) is 13.9. The lowest BCUT2D eigenvalue weighted by atomic mass is 9.99. The Morgan fingerprint density at radius 2 is 1.95 bits per heavy atom. The molecule has 0 aromatic carbocycles. The molecule has 1 aliphatic heterocycles. The normalized spacial score (nSPS) is 20.4. The molecule has 1 fully saturated rings. The van der Waals surface area contributed by atoms with Crippen molar-refractivity contribution in [3.8, 4) is 0 Å². The van der Waals surface area contributed by atoms with Crippen LogP contribution in [0.1, 0.15) is 26.7 Å². The minimum atomic E-state index is -2.92. The molecule has 6 heteroatoms. The van der Waals surface area contributed by atoms with Gasteiger partial charge in [0, 0.05) is 25.4 Å². The molecule has 0 radical (unpaired) electrons. The summed E-state index contributed by atoms with van der Waals surface area (Å²) in [5.41, 5.74) is 0. The lowest BCUT2D eigenvalue weighted by Crippen LogP contribution is -2.43. The highest BCUT2D eigenvalue weighted by Gasteiger charge is 2.19. The second kappa shape index (κ2) is 8.32. The van der Waals surface area contributed by atoms with Crippen molar-refractivity contribution in [1.29, 1.82) is 0 Å². The monoisotopic (exact) mass is 306 g/mol. The molecule has 1 rings (SSSR count). The van der Waals surface area contributed by atoms with E-state index < -0.39 is 15.9 Å². The summed E-state index contributed by atoms with van der Waals surface area (Å²) < 4.78 is 22.9. The van der Waals surface area contributed by atoms with Gasteiger partial charge in [0.2, 0.25) is 0 Å². The average molecular weight is 306 g/mol. The number of β-amino-alcohol motifs (C(OH)–C–C–N with tert-alkyl or cyclic N) is 1. The van der Waals surface area contributed by atoms with Gasteiger partial charge in [-0.3, -0.25) is 0 Å². The molecule has 1 atom stereocenters. The molecule has 0 aliphatic carbocycles. The number of aliphatic hydroxyl groups excluding tert-OH is 1. The van der Waals surface area contributed by atoms with Crippen LogP contribution >= 0.6 is 0 Å². The largest absolute Gasteiger partial charge is 0.390 e. The van der Waals surface area contributed by atoms with Gasteiger partial charge in [0.05, 0.1) is 11.9 Å². The summed E-state index contributed by atoms with van der Waals surface area (Å²) in [7, 11) is -1.05. The molecule has 1 unspecified atom stereocenters. The first-order chi connectivity index (χ1) is 9.32. The first-order valence-corrected chi connectivity index (χ1v) is 9.44. The topological polar surface area (TPSA) is 60.9 Å². The van der Waals surface area contributed by atoms with Gasteiger partial charge in [0.25, 0.3) is 0 Å². The average Bonchev–Trinajstić information content (AvgIpc) is 2.39. The molecule has 0 spiro atoms. The first kappa shape index (κ1) is 17.9. The van der Waals surface area contributed by atoms with Crippen LogP contribution in [0, 0.1) is 5.92 Å². The van der Waals surface area contributed by atoms with Crippen molar-refractivity contribution in [2.45, 2.75) is 32.8 Å². The van der Waals surface area contributed by atoms with Gasteiger partial charge in [-0.2, -0.15) is 0 Å². The number of sulfone groups is 1. The summed E-state index contributed by atoms with van der Waals surface area (Å²) in [5, 5.41) is 10.1. The van der Waals surface area contributed by atoms with Gasteiger partial charge in [0.1, 0.15) is 0 Å². The third kappa shape index (κ3) is 7.02. The Morgan fingerprint density at radius 1 is 1.35 bits per heavy atom. The van der Waals surface area contributed by atoms with Crippen LogP contribution in [-0.4, -0.2) is 80.7 Å². The highest BCUT2D eigenvalue weighted by Crippen LogP contribution is 2.15. The van der Waals surface area contributed by atoms with Gasteiger partial charge in [-0.25, -0.2) is 8.42 Å². The Balaban J connectivity index is 2.22. The maximum Gasteiger partial charge on any atom is 0.151 e. The van der Waals surface area contributed by atoms with Crippen molar-refractivity contribution in [3.63, 3.8) is 0 Å². The molecule has 20 heavy (non-hydrogen) atoms. The summed E-state index contributed by atoms with van der Waals surface area (Å²) in [5.74, 6) is 1.16. The number of piperidine rings is 1. The fourth-order valence-electron chi connectivity index (χ4n) is 2.49. The number of nitrogens with zero attached hydrogens (tertiary/aromatic N) is 2. The van der Waals surface area contributed by atoms with Crippen molar-refractivity contribution in [3.05, 3.63) is 0 Å². The van der Waals surface area contributed by atoms with Crippen molar-refractivity contribution in [1.82, 2.24) is 9.80 Å². The van der Waals surface area contributed by atoms with Gasteiger partial charge < -0.3 is 14.9 Å². The fraction of sp³-hybridized carbons (Fsp3) is 1.00. The molecule has 5 nitrogen and oxygen atoms in total. The maximum atomic E-state index is 11.4. The number of rotatable bonds is 8. The van der Waals surface area contributed by atoms with E-state index in [1.54, 1.807) is 6.92 Å². The Morgan fingerprint density at radius 3 is 2.50 bits per heavy atom. The van der Waals surface area contributed by atoms with Crippen molar-refractivity contribution >= 4 is 9.84 Å². The minimum Gasteiger partial charge on any atom is -0.390 e. The lowest BCUT2D eigenvalue weighted by molar-refractivity contribution is 0.0691. The summed E-state index contributed by atoms with van der Waals surface area (Å²) in [4.78, 5) is 4.21. The Hall–Kier alpha value is -0.170. The van der Waals surface area contributed by atoms with Crippen LogP contribution in [0.5, 0.6) is 0 Å². The van der Waals surface area contributed by atoms with Crippen LogP contribution in [0.4, 0.5) is 0 Å². The van der Waals surface area contributed by atoms with E-state index in [0.717, 1.165) is 19.0 Å². The third-order valence-corrected chi connectivity index (χ3v) is 5.78. The molecule has 1 aliphatic rings. The van der Waals surface area contributed by atoms with Crippen molar-refractivity contribution in [2.24, 2.45) is 5.92 Å². The van der Waals surface area contributed by atoms with Crippen molar-refractivity contribution in [2.75, 3.05) is 51.3 Å². The van der Waals surface area contributed by atoms with E-state index in [-0.39, 0.29) is 11.5 Å². The molecular formula is C14H30N2O3S. The molecule has 0 aromatic heterocycles. The second-order valence-electron chi connectivity index (χ2n) is 6.14. The van der Waals surface area contributed by atoms with Gasteiger partial charge in [-0.15, -0.1) is 0 Å². The molecule has 0 amide bonds. The number of hydrogen-bond acceptors (Lipinski definition) is 5. The first-order valence-electron chi connectivity index (χ1n) is 7.61. The summed E-state index contributed by atoms with van der Waals surface area (Å²) in [6, 6.07) is 0. The maximum absolute atomic E-state index is 11.4. The van der Waals surface area contributed by atoms with Crippen molar-refractivity contribution < 1.29 is 13.5 Å². The van der Waals surface area contributed by atoms with Gasteiger partial charge in [0.15, 0.2) is 9.84 Å². The number of aliphatic hydroxyl groups is 1. The molecule has 120 valence electrons. The molecule has 0 bridgehead atoms. The quantitative estimate of drug-likeness (QED) is 0.705. The smallest absolute Gasteiger partial charge is 0.151 e. The van der Waals surface area contributed by atoms with E-state index in [9.17, 15) is 13.5 Å². The molecule has 1 N–H and O–H groups in total. The summed E-state index contributed by atoms with van der Waals surface area (Å²) >= 11 is 0. The highest BCUT2D eigenvalue weighted by molar-refractivity contribution is 7.91. The predicted octanol–water partition coefficient (Wildman–Crippen LogP) is 0.446. The van der Waals surface area contributed by atoms with E-state index in [4.69, 9.17) is 0 Å². The number of likely N-dealkylation sites (tertiary alicyclic amines) is 1. The summed E-state index contributed by atoms with van der Waals surface area (Å²) in [6.07, 6.45) is 2.01. The van der Waals surface area contributed by atoms with Crippen LogP contribution < -0.4 is 0 Å². The zero-order chi connectivity index (χ0) is 15.2. The number of likely N-dealkylation sites (N-methyl/N-ethyl adjacent to an activating group) is 1. The SMILES string of the molecule is CCS(=O)(=O)CCN(C)CC(O)CN1CCC(C)CC1. The highest BCUT2D eigenvalue weighted by atomic mass is 32.2. The van der Waals surface area contributed by atoms with Crippen LogP contribution in [0.2, 0.25) is 0 Å². The Labute approximate surface area is 123 Å². The van der Waals surface area contributed by atoms with Crippen LogP contribution in [0.25, 0.3) is 0 Å². The summed E-state index contributed by atoms with van der Waals surface area (Å²) in [6.45, 7) is 7.78. The Bertz CT molecular complexity index is 365. The molecular weight excluding hydrogens is 276 g/mol. The van der Waals surface area contributed by atoms with Gasteiger partial charge >= 0.3 is 0 Å². The lowest BCUT2D eigenvalue weighted by Gasteiger charge is -2.32. The molecule has 0 saturated carbocycles. The standard InChI is InChI=1S/C14H30N2O3S/c1-4-20(18,19)10-9-15(3)11-14(17)12-16-7-5-13(2)6-8-16/h13-14,17H,4-12H2,1-3H3. The van der Waals surface area contributed by atoms with Gasteiger partial charge in [-0.05, 0) is 38.9 Å². The predicted molar refractivity (Wildman–Crippen MR) is 82.7 cm³/mol. The third-order valence-electron chi connectivity index (χ3n) is 4.09. The Kier molecular flexibility index (Phi) is 7.43. The molecule has 1 heterocycles. The van der Waals surface area contributed by atoms with Crippen LogP contribution in [-0.2, 0) is 9.84 Å². The number of hydrogen-bond donors (Lipinski definition) is 1. The van der Waals surface area contributed by atoms with E-state index in [1.165, 1.54) is 12.8 Å². The van der Waals surface area contributed by atoms with Crippen LogP contribution in [0.3, 0.4) is 0 Å². The fourth-order valence-corrected chi connectivity index (χ4v) is 3.37. The van der Waals surface area contributed by atoms with E-state index in [0.29, 0.717) is 19.6 Å². The zero-order valence-electron chi connectivity index (χ0n) is 13.1. The second-order valence-corrected chi connectivity index (χ2v) is 8.61. The molecule has 0 aromatic rings. The molecule has 1 saturated heterocycles. The van der Waals surface area contributed by atoms with Crippen LogP contribution in [0.15, 0.2) is 0 Å². The van der Waals surface area contributed by atoms with Gasteiger partial charge in [-0.1, -0.05) is 13.8 Å². The van der Waals surface area contributed by atoms with E-state index in [2.05, 4.69) is 11.8 Å². The minimum absolute atomic E-state index is 0.175. The van der Waals surface area contributed by atoms with E-state index in [1.807, 2.05) is 11.9 Å². The van der Waals surface area contributed by atoms with E-state index >= 15 is 0 Å².